The number of alkyl halides is 1. The number of methoxy groups -OCH3 is 1. The molecule has 0 radical (unpaired) electrons. The molecule has 47 heavy (non-hydrogen) atoms. The Morgan fingerprint density at radius 2 is 1.53 bits per heavy atom. The number of hydrogen-bond acceptors (Lipinski definition) is 13. The van der Waals surface area contributed by atoms with Gasteiger partial charge in [0.1, 0.15) is 42.4 Å². The Morgan fingerprint density at radius 3 is 2.11 bits per heavy atom. The van der Waals surface area contributed by atoms with Crippen LogP contribution >= 0.6 is 11.6 Å². The number of carbonyl (C=O) groups is 3. The van der Waals surface area contributed by atoms with Crippen LogP contribution in [0.25, 0.3) is 10.4 Å². The van der Waals surface area contributed by atoms with Gasteiger partial charge in [-0.15, -0.1) is 11.6 Å². The van der Waals surface area contributed by atoms with Gasteiger partial charge in [0.25, 0.3) is 0 Å². The van der Waals surface area contributed by atoms with Crippen LogP contribution in [0.2, 0.25) is 0 Å². The third-order valence-corrected chi connectivity index (χ3v) is 7.91. The summed E-state index contributed by atoms with van der Waals surface area (Å²) in [6.45, 7) is 1.26. The molecule has 3 aliphatic heterocycles. The van der Waals surface area contributed by atoms with Gasteiger partial charge in [0.05, 0.1) is 26.9 Å². The van der Waals surface area contributed by atoms with E-state index in [-0.39, 0.29) is 19.8 Å². The summed E-state index contributed by atoms with van der Waals surface area (Å²) in [6.07, 6.45) is -10.8. The minimum absolute atomic E-state index is 0.0110. The van der Waals surface area contributed by atoms with E-state index in [4.69, 9.17) is 54.2 Å². The second-order valence-corrected chi connectivity index (χ2v) is 11.1. The summed E-state index contributed by atoms with van der Waals surface area (Å²) in [5, 5.41) is 3.76. The van der Waals surface area contributed by atoms with Crippen LogP contribution in [0.4, 0.5) is 0 Å². The van der Waals surface area contributed by atoms with Gasteiger partial charge in [0.2, 0.25) is 0 Å². The van der Waals surface area contributed by atoms with E-state index in [0.29, 0.717) is 0 Å². The molecule has 10 atom stereocenters. The smallest absolute Gasteiger partial charge is 0.339 e. The zero-order valence-corrected chi connectivity index (χ0v) is 26.2. The van der Waals surface area contributed by atoms with Gasteiger partial charge in [-0.25, -0.2) is 4.79 Å². The maximum absolute atomic E-state index is 13.2. The largest absolute Gasteiger partial charge is 0.467 e. The summed E-state index contributed by atoms with van der Waals surface area (Å²) in [5.41, 5.74) is 10.8. The molecule has 0 amide bonds. The number of esters is 3. The molecule has 0 unspecified atom stereocenters. The highest BCUT2D eigenvalue weighted by Crippen LogP contribution is 2.38. The Bertz CT molecular complexity index is 1410. The number of benzene rings is 2. The SMILES string of the molecule is COC(=O)[C@H]1O[C@@H](O[C@@H]2[C@@H](OC(C)=O)[C@H](N=[N+]=[N-])[C@H]3OC[C@@H]2O3)[C@H](OCc2ccccc2)[C@@H](OCc2ccccc2)[C@@H]1OC(=O)CCl. The fourth-order valence-corrected chi connectivity index (χ4v) is 5.68. The molecule has 16 heteroatoms. The molecular weight excluding hydrogens is 642 g/mol. The molecule has 0 aromatic heterocycles. The van der Waals surface area contributed by atoms with E-state index in [1.165, 1.54) is 6.92 Å². The standard InChI is InChI=1S/C31H34ClN3O12/c1-17(36)43-24-22(34-35-33)30-42-16-20(44-30)23(24)46-31-28(41-15-19-11-7-4-8-12-19)25(40-14-18-9-5-3-6-10-18)26(45-21(37)13-32)27(47-31)29(38)39-2/h3-12,20,22-28,30-31H,13-16H2,1-2H3/t20-,22-,23-,24-,25-,26-,27-,28+,30-,31+/m0/s1. The first-order valence-electron chi connectivity index (χ1n) is 14.8. The minimum Gasteiger partial charge on any atom is -0.467 e. The van der Waals surface area contributed by atoms with E-state index >= 15 is 0 Å². The van der Waals surface area contributed by atoms with Crippen LogP contribution in [0.1, 0.15) is 18.1 Å². The monoisotopic (exact) mass is 675 g/mol. The molecule has 5 rings (SSSR count). The molecule has 3 fully saturated rings. The number of ether oxygens (including phenoxy) is 9. The van der Waals surface area contributed by atoms with Gasteiger partial charge in [-0.2, -0.15) is 0 Å². The molecule has 0 saturated carbocycles. The summed E-state index contributed by atoms with van der Waals surface area (Å²) < 4.78 is 53.2. The Morgan fingerprint density at radius 1 is 0.894 bits per heavy atom. The predicted octanol–water partition coefficient (Wildman–Crippen LogP) is 2.96. The molecule has 2 bridgehead atoms. The van der Waals surface area contributed by atoms with E-state index in [9.17, 15) is 19.9 Å². The second-order valence-electron chi connectivity index (χ2n) is 10.8. The van der Waals surface area contributed by atoms with Crippen LogP contribution in [-0.4, -0.2) is 98.9 Å². The van der Waals surface area contributed by atoms with Crippen molar-refractivity contribution >= 4 is 29.5 Å². The number of rotatable bonds is 13. The lowest BCUT2D eigenvalue weighted by Crippen LogP contribution is -2.65. The van der Waals surface area contributed by atoms with E-state index in [2.05, 4.69) is 10.0 Å². The van der Waals surface area contributed by atoms with Gasteiger partial charge < -0.3 is 42.6 Å². The lowest BCUT2D eigenvalue weighted by molar-refractivity contribution is -0.339. The number of fused-ring (bicyclic) bond motifs is 2. The first-order chi connectivity index (χ1) is 22.8. The van der Waals surface area contributed by atoms with E-state index in [0.717, 1.165) is 18.2 Å². The van der Waals surface area contributed by atoms with Crippen LogP contribution in [0.5, 0.6) is 0 Å². The van der Waals surface area contributed by atoms with Crippen molar-refractivity contribution in [3.63, 3.8) is 0 Å². The van der Waals surface area contributed by atoms with Gasteiger partial charge in [0, 0.05) is 11.8 Å². The number of azide groups is 1. The van der Waals surface area contributed by atoms with Gasteiger partial charge >= 0.3 is 17.9 Å². The normalized spacial score (nSPS) is 31.3. The highest BCUT2D eigenvalue weighted by molar-refractivity contribution is 6.26. The quantitative estimate of drug-likeness (QED) is 0.0757. The van der Waals surface area contributed by atoms with Gasteiger partial charge in [-0.05, 0) is 16.7 Å². The summed E-state index contributed by atoms with van der Waals surface area (Å²) in [7, 11) is 1.14. The zero-order valence-electron chi connectivity index (χ0n) is 25.5. The average Bonchev–Trinajstić information content (AvgIpc) is 3.53. The molecular formula is C31H34ClN3O12. The Hall–Kier alpha value is -3.79. The molecule has 0 spiro atoms. The van der Waals surface area contributed by atoms with Gasteiger partial charge in [-0.3, -0.25) is 9.59 Å². The fraction of sp³-hybridized carbons (Fsp3) is 0.516. The van der Waals surface area contributed by atoms with Crippen LogP contribution in [0.3, 0.4) is 0 Å². The molecule has 2 aromatic rings. The topological polar surface area (TPSA) is 183 Å². The van der Waals surface area contributed by atoms with Crippen molar-refractivity contribution in [2.24, 2.45) is 5.11 Å². The van der Waals surface area contributed by atoms with Crippen molar-refractivity contribution in [3.05, 3.63) is 82.2 Å². The van der Waals surface area contributed by atoms with Crippen molar-refractivity contribution in [1.29, 1.82) is 0 Å². The van der Waals surface area contributed by atoms with Crippen molar-refractivity contribution < 1.29 is 57.0 Å². The molecule has 15 nitrogen and oxygen atoms in total. The van der Waals surface area contributed by atoms with Crippen molar-refractivity contribution in [2.45, 2.75) is 81.5 Å². The van der Waals surface area contributed by atoms with Crippen molar-refractivity contribution in [2.75, 3.05) is 19.6 Å². The molecule has 0 N–H and O–H groups in total. The highest BCUT2D eigenvalue weighted by atomic mass is 35.5. The number of halogens is 1. The van der Waals surface area contributed by atoms with E-state index < -0.39 is 85.1 Å². The third kappa shape index (κ3) is 8.39. The van der Waals surface area contributed by atoms with E-state index in [1.807, 2.05) is 60.7 Å². The predicted molar refractivity (Wildman–Crippen MR) is 159 cm³/mol. The number of hydrogen-bond donors (Lipinski definition) is 0. The van der Waals surface area contributed by atoms with Crippen molar-refractivity contribution in [3.8, 4) is 0 Å². The average molecular weight is 676 g/mol. The Balaban J connectivity index is 1.54. The maximum atomic E-state index is 13.2. The Labute approximate surface area is 274 Å². The second kappa shape index (κ2) is 16.4. The van der Waals surface area contributed by atoms with Crippen LogP contribution in [-0.2, 0) is 70.2 Å². The molecule has 2 aromatic carbocycles. The first kappa shape index (κ1) is 34.5. The van der Waals surface area contributed by atoms with Crippen LogP contribution < -0.4 is 0 Å². The zero-order chi connectivity index (χ0) is 33.3. The lowest BCUT2D eigenvalue weighted by atomic mass is 9.96. The fourth-order valence-electron chi connectivity index (χ4n) is 5.62. The molecule has 3 aliphatic rings. The number of carbonyl (C=O) groups excluding carboxylic acids is 3. The third-order valence-electron chi connectivity index (χ3n) is 7.69. The Kier molecular flexibility index (Phi) is 12.0. The van der Waals surface area contributed by atoms with Crippen LogP contribution in [0.15, 0.2) is 65.8 Å². The van der Waals surface area contributed by atoms with Gasteiger partial charge in [0.15, 0.2) is 24.8 Å². The molecule has 3 heterocycles. The number of nitrogens with zero attached hydrogens (tertiary/aromatic N) is 3. The molecule has 252 valence electrons. The van der Waals surface area contributed by atoms with E-state index in [1.54, 1.807) is 0 Å². The first-order valence-corrected chi connectivity index (χ1v) is 15.3. The minimum atomic E-state index is -1.56. The summed E-state index contributed by atoms with van der Waals surface area (Å²) in [4.78, 5) is 40.8. The summed E-state index contributed by atoms with van der Waals surface area (Å²) in [5.74, 6) is -2.92. The summed E-state index contributed by atoms with van der Waals surface area (Å²) >= 11 is 5.79. The van der Waals surface area contributed by atoms with Gasteiger partial charge in [-0.1, -0.05) is 65.8 Å². The summed E-state index contributed by atoms with van der Waals surface area (Å²) in [6, 6.07) is 17.3. The van der Waals surface area contributed by atoms with Crippen molar-refractivity contribution in [1.82, 2.24) is 0 Å². The molecule has 3 saturated heterocycles. The van der Waals surface area contributed by atoms with Crippen LogP contribution in [0, 0.1) is 0 Å². The molecule has 0 aliphatic carbocycles. The lowest BCUT2D eigenvalue weighted by Gasteiger charge is -2.47. The maximum Gasteiger partial charge on any atom is 0.339 e. The highest BCUT2D eigenvalue weighted by Gasteiger charge is 2.58.